The lowest BCUT2D eigenvalue weighted by Crippen LogP contribution is -2.61. The number of anilines is 2. The van der Waals surface area contributed by atoms with Crippen LogP contribution in [-0.4, -0.2) is 75.7 Å². The Morgan fingerprint density at radius 3 is 2.57 bits per heavy atom. The van der Waals surface area contributed by atoms with Crippen LogP contribution in [-0.2, 0) is 17.4 Å². The van der Waals surface area contributed by atoms with Crippen LogP contribution < -0.4 is 20.3 Å². The maximum absolute atomic E-state index is 13.9. The number of alkyl halides is 3. The molecule has 4 aromatic rings. The molecule has 1 fully saturated rings. The van der Waals surface area contributed by atoms with Crippen LogP contribution in [0.3, 0.4) is 0 Å². The maximum atomic E-state index is 13.9. The van der Waals surface area contributed by atoms with Crippen molar-refractivity contribution in [3.8, 4) is 11.7 Å². The molecular formula is C29H28ClF3N8O3. The van der Waals surface area contributed by atoms with Gasteiger partial charge in [-0.05, 0) is 36.2 Å². The summed E-state index contributed by atoms with van der Waals surface area (Å²) in [5.74, 6) is -0.337. The van der Waals surface area contributed by atoms with E-state index >= 15 is 0 Å². The quantitative estimate of drug-likeness (QED) is 0.297. The Morgan fingerprint density at radius 1 is 1.09 bits per heavy atom. The van der Waals surface area contributed by atoms with Gasteiger partial charge in [-0.3, -0.25) is 9.36 Å². The summed E-state index contributed by atoms with van der Waals surface area (Å²) in [4.78, 5) is 41.5. The molecule has 1 unspecified atom stereocenters. The summed E-state index contributed by atoms with van der Waals surface area (Å²) in [7, 11) is 1.51. The molecule has 1 saturated heterocycles. The van der Waals surface area contributed by atoms with E-state index in [-0.39, 0.29) is 37.9 Å². The van der Waals surface area contributed by atoms with E-state index in [1.807, 2.05) is 12.1 Å². The number of hydrogen-bond donors (Lipinski definition) is 2. The van der Waals surface area contributed by atoms with Crippen LogP contribution in [0.15, 0.2) is 73.3 Å². The molecule has 0 aliphatic carbocycles. The van der Waals surface area contributed by atoms with E-state index in [0.29, 0.717) is 22.9 Å². The van der Waals surface area contributed by atoms with Gasteiger partial charge in [-0.25, -0.2) is 14.8 Å². The lowest BCUT2D eigenvalue weighted by molar-refractivity contribution is -0.141. The van der Waals surface area contributed by atoms with Gasteiger partial charge in [0.2, 0.25) is 11.9 Å². The van der Waals surface area contributed by atoms with Crippen LogP contribution in [0.4, 0.5) is 29.5 Å². The van der Waals surface area contributed by atoms with Gasteiger partial charge >= 0.3 is 12.2 Å². The molecule has 0 bridgehead atoms. The molecule has 1 atom stereocenters. The Labute approximate surface area is 255 Å². The number of imidazole rings is 1. The number of halogens is 4. The Bertz CT molecular complexity index is 1610. The zero-order valence-corrected chi connectivity index (χ0v) is 24.2. The third kappa shape index (κ3) is 7.19. The van der Waals surface area contributed by atoms with E-state index < -0.39 is 29.9 Å². The second-order valence-corrected chi connectivity index (χ2v) is 10.2. The first-order valence-electron chi connectivity index (χ1n) is 13.5. The fourth-order valence-electron chi connectivity index (χ4n) is 4.71. The average Bonchev–Trinajstić information content (AvgIpc) is 3.56. The first kappa shape index (κ1) is 30.6. The van der Waals surface area contributed by atoms with E-state index in [1.165, 1.54) is 40.2 Å². The number of urea groups is 1. The largest absolute Gasteiger partial charge is 0.495 e. The number of rotatable bonds is 8. The van der Waals surface area contributed by atoms with Crippen LogP contribution >= 0.6 is 11.6 Å². The summed E-state index contributed by atoms with van der Waals surface area (Å²) in [6, 6.07) is 13.4. The molecule has 2 N–H and O–H groups in total. The molecular weight excluding hydrogens is 601 g/mol. The monoisotopic (exact) mass is 628 g/mol. The summed E-state index contributed by atoms with van der Waals surface area (Å²) in [5.41, 5.74) is 0.233. The van der Waals surface area contributed by atoms with Crippen molar-refractivity contribution < 1.29 is 27.5 Å². The van der Waals surface area contributed by atoms with E-state index in [9.17, 15) is 22.8 Å². The summed E-state index contributed by atoms with van der Waals surface area (Å²) < 4.78 is 48.1. The van der Waals surface area contributed by atoms with Crippen molar-refractivity contribution in [2.24, 2.45) is 0 Å². The summed E-state index contributed by atoms with van der Waals surface area (Å²) in [6.45, 7) is 0.259. The zero-order valence-electron chi connectivity index (χ0n) is 23.5. The van der Waals surface area contributed by atoms with Gasteiger partial charge in [-0.1, -0.05) is 35.9 Å². The topological polar surface area (TPSA) is 118 Å². The SMILES string of the molecule is COc1ccc(CCNC(=O)C2CN(C(=O)Nc3ccccc3)CCN2c2cc(C(F)(F)F)nc(-n3ccnc3)n2)cc1Cl. The molecule has 3 amide bonds. The Balaban J connectivity index is 1.40. The molecule has 230 valence electrons. The van der Waals surface area contributed by atoms with Crippen LogP contribution in [0.2, 0.25) is 5.02 Å². The van der Waals surface area contributed by atoms with Crippen LogP contribution in [0, 0.1) is 0 Å². The summed E-state index contributed by atoms with van der Waals surface area (Å²) >= 11 is 6.22. The predicted molar refractivity (Wildman–Crippen MR) is 157 cm³/mol. The number of amides is 3. The number of carbonyl (C=O) groups is 2. The molecule has 1 aliphatic heterocycles. The number of para-hydroxylation sites is 1. The Kier molecular flexibility index (Phi) is 9.18. The first-order valence-corrected chi connectivity index (χ1v) is 13.9. The van der Waals surface area contributed by atoms with E-state index in [1.54, 1.807) is 36.4 Å². The number of ether oxygens (including phenoxy) is 1. The van der Waals surface area contributed by atoms with Gasteiger partial charge in [-0.15, -0.1) is 0 Å². The standard InChI is InChI=1S/C29H28ClF3N8O3/c1-44-23-8-7-19(15-21(23)30)9-10-35-26(42)22-17-39(28(43)36-20-5-3-2-4-6-20)13-14-41(22)25-16-24(29(31,32)33)37-27(38-25)40-12-11-34-18-40/h2-8,11-12,15-16,18,22H,9-10,13-14,17H2,1H3,(H,35,42)(H,36,43). The predicted octanol–water partition coefficient (Wildman–Crippen LogP) is 4.42. The Hall–Kier alpha value is -4.85. The van der Waals surface area contributed by atoms with Gasteiger partial charge < -0.3 is 25.2 Å². The number of nitrogens with one attached hydrogen (secondary N) is 2. The molecule has 0 radical (unpaired) electrons. The van der Waals surface area contributed by atoms with Crippen molar-refractivity contribution in [3.05, 3.63) is 89.6 Å². The van der Waals surface area contributed by atoms with Crippen LogP contribution in [0.1, 0.15) is 11.3 Å². The summed E-state index contributed by atoms with van der Waals surface area (Å²) in [5, 5.41) is 6.07. The highest BCUT2D eigenvalue weighted by Gasteiger charge is 2.38. The van der Waals surface area contributed by atoms with Crippen LogP contribution in [0.25, 0.3) is 5.95 Å². The van der Waals surface area contributed by atoms with Crippen molar-refractivity contribution in [2.75, 3.05) is 43.5 Å². The molecule has 44 heavy (non-hydrogen) atoms. The maximum Gasteiger partial charge on any atom is 0.433 e. The number of hydrogen-bond acceptors (Lipinski definition) is 7. The first-order chi connectivity index (χ1) is 21.1. The molecule has 1 aliphatic rings. The van der Waals surface area contributed by atoms with E-state index in [2.05, 4.69) is 25.6 Å². The average molecular weight is 629 g/mol. The lowest BCUT2D eigenvalue weighted by Gasteiger charge is -2.41. The van der Waals surface area contributed by atoms with Gasteiger partial charge in [0.1, 0.15) is 23.9 Å². The zero-order chi connectivity index (χ0) is 31.3. The molecule has 2 aromatic carbocycles. The summed E-state index contributed by atoms with van der Waals surface area (Å²) in [6.07, 6.45) is -0.264. The minimum absolute atomic E-state index is 0.0338. The minimum Gasteiger partial charge on any atom is -0.495 e. The molecule has 15 heteroatoms. The normalized spacial score (nSPS) is 15.2. The minimum atomic E-state index is -4.78. The Morgan fingerprint density at radius 2 is 1.89 bits per heavy atom. The van der Waals surface area contributed by atoms with Gasteiger partial charge in [0.15, 0.2) is 5.69 Å². The van der Waals surface area contributed by atoms with Gasteiger partial charge in [-0.2, -0.15) is 18.2 Å². The number of aromatic nitrogens is 4. The lowest BCUT2D eigenvalue weighted by atomic mass is 10.1. The number of methoxy groups -OCH3 is 1. The smallest absolute Gasteiger partial charge is 0.433 e. The molecule has 0 saturated carbocycles. The van der Waals surface area contributed by atoms with Crippen molar-refractivity contribution in [2.45, 2.75) is 18.6 Å². The fourth-order valence-corrected chi connectivity index (χ4v) is 4.99. The second kappa shape index (κ2) is 13.2. The third-order valence-corrected chi connectivity index (χ3v) is 7.24. The number of carbonyl (C=O) groups excluding carboxylic acids is 2. The number of piperazine rings is 1. The molecule has 11 nitrogen and oxygen atoms in total. The third-order valence-electron chi connectivity index (χ3n) is 6.95. The fraction of sp³-hybridized carbons (Fsp3) is 0.276. The van der Waals surface area contributed by atoms with Crippen molar-refractivity contribution in [1.82, 2.24) is 29.7 Å². The molecule has 5 rings (SSSR count). The molecule has 0 spiro atoms. The van der Waals surface area contributed by atoms with Gasteiger partial charge in [0.25, 0.3) is 0 Å². The number of benzene rings is 2. The second-order valence-electron chi connectivity index (χ2n) is 9.84. The molecule has 3 heterocycles. The molecule has 2 aromatic heterocycles. The van der Waals surface area contributed by atoms with Gasteiger partial charge in [0.05, 0.1) is 18.7 Å². The van der Waals surface area contributed by atoms with Crippen molar-refractivity contribution in [3.63, 3.8) is 0 Å². The highest BCUT2D eigenvalue weighted by Crippen LogP contribution is 2.31. The van der Waals surface area contributed by atoms with Crippen molar-refractivity contribution in [1.29, 1.82) is 0 Å². The highest BCUT2D eigenvalue weighted by molar-refractivity contribution is 6.32. The van der Waals surface area contributed by atoms with Crippen LogP contribution in [0.5, 0.6) is 5.75 Å². The van der Waals surface area contributed by atoms with Crippen molar-refractivity contribution >= 4 is 35.0 Å². The van der Waals surface area contributed by atoms with Gasteiger partial charge in [0, 0.05) is 43.8 Å². The number of nitrogens with zero attached hydrogens (tertiary/aromatic N) is 6. The van der Waals surface area contributed by atoms with E-state index in [0.717, 1.165) is 11.6 Å². The van der Waals surface area contributed by atoms with E-state index in [4.69, 9.17) is 16.3 Å². The highest BCUT2D eigenvalue weighted by atomic mass is 35.5.